The molecule has 0 saturated carbocycles. The molecule has 2 unspecified atom stereocenters. The van der Waals surface area contributed by atoms with E-state index in [1.807, 2.05) is 11.8 Å². The van der Waals surface area contributed by atoms with E-state index in [-0.39, 0.29) is 42.8 Å². The van der Waals surface area contributed by atoms with E-state index in [2.05, 4.69) is 15.0 Å². The first-order valence-electron chi connectivity index (χ1n) is 7.46. The van der Waals surface area contributed by atoms with Gasteiger partial charge in [-0.1, -0.05) is 0 Å². The van der Waals surface area contributed by atoms with Crippen molar-refractivity contribution in [2.75, 3.05) is 6.54 Å². The first-order valence-corrected chi connectivity index (χ1v) is 8.28. The molecule has 0 spiro atoms. The maximum Gasteiger partial charge on any atom is 0.265 e. The average Bonchev–Trinajstić information content (AvgIpc) is 3.05. The van der Waals surface area contributed by atoms with Crippen LogP contribution in [0, 0.1) is 0 Å². The van der Waals surface area contributed by atoms with E-state index in [4.69, 9.17) is 5.73 Å². The van der Waals surface area contributed by atoms with Crippen LogP contribution in [0.25, 0.3) is 10.8 Å². The van der Waals surface area contributed by atoms with Crippen molar-refractivity contribution in [2.24, 2.45) is 5.73 Å². The van der Waals surface area contributed by atoms with Crippen molar-refractivity contribution < 1.29 is 4.79 Å². The molecule has 1 amide bonds. The van der Waals surface area contributed by atoms with Gasteiger partial charge in [-0.15, -0.1) is 36.2 Å². The Kier molecular flexibility index (Phi) is 8.02. The molecule has 6 nitrogen and oxygen atoms in total. The van der Waals surface area contributed by atoms with E-state index in [9.17, 15) is 4.79 Å². The predicted octanol–water partition coefficient (Wildman–Crippen LogP) is 2.79. The van der Waals surface area contributed by atoms with Crippen LogP contribution >= 0.6 is 36.2 Å². The number of amides is 1. The molecule has 0 radical (unpaired) electrons. The summed E-state index contributed by atoms with van der Waals surface area (Å²) in [5.74, 6) is 0.565. The highest BCUT2D eigenvalue weighted by atomic mass is 35.5. The maximum absolute atomic E-state index is 12.8. The van der Waals surface area contributed by atoms with Gasteiger partial charge in [0, 0.05) is 31.0 Å². The summed E-state index contributed by atoms with van der Waals surface area (Å²) in [4.78, 5) is 27.9. The number of thiazole rings is 1. The summed E-state index contributed by atoms with van der Waals surface area (Å²) in [6.45, 7) is 2.73. The van der Waals surface area contributed by atoms with Crippen LogP contribution in [0.3, 0.4) is 0 Å². The lowest BCUT2D eigenvalue weighted by molar-refractivity contribution is 0.0588. The Morgan fingerprint density at radius 2 is 2.00 bits per heavy atom. The van der Waals surface area contributed by atoms with E-state index in [0.717, 1.165) is 25.8 Å². The number of rotatable bonds is 3. The van der Waals surface area contributed by atoms with Crippen molar-refractivity contribution in [1.82, 2.24) is 19.9 Å². The number of likely N-dealkylation sites (tertiary alicyclic amines) is 1. The first-order chi connectivity index (χ1) is 10.7. The van der Waals surface area contributed by atoms with Crippen molar-refractivity contribution in [3.8, 4) is 10.8 Å². The minimum absolute atomic E-state index is 0. The molecule has 2 aromatic heterocycles. The van der Waals surface area contributed by atoms with Crippen LogP contribution in [-0.2, 0) is 0 Å². The number of hydrogen-bond donors (Lipinski definition) is 1. The SMILES string of the molecule is CC(N)C1CCCCN1C(=O)c1cnc(-c2ncccn2)s1.Cl.Cl. The molecule has 1 aliphatic rings. The monoisotopic (exact) mass is 389 g/mol. The third kappa shape index (κ3) is 4.42. The number of carbonyl (C=O) groups is 1. The quantitative estimate of drug-likeness (QED) is 0.871. The van der Waals surface area contributed by atoms with Crippen LogP contribution in [0.1, 0.15) is 35.9 Å². The van der Waals surface area contributed by atoms with Crippen LogP contribution < -0.4 is 5.73 Å². The fourth-order valence-electron chi connectivity index (χ4n) is 2.78. The second-order valence-corrected chi connectivity index (χ2v) is 6.55. The largest absolute Gasteiger partial charge is 0.333 e. The Labute approximate surface area is 157 Å². The van der Waals surface area contributed by atoms with Crippen molar-refractivity contribution in [2.45, 2.75) is 38.3 Å². The number of halogens is 2. The fourth-order valence-corrected chi connectivity index (χ4v) is 3.60. The molecule has 2 aromatic rings. The molecule has 1 fully saturated rings. The zero-order chi connectivity index (χ0) is 15.5. The summed E-state index contributed by atoms with van der Waals surface area (Å²) in [5, 5.41) is 0.665. The second-order valence-electron chi connectivity index (χ2n) is 5.52. The first kappa shape index (κ1) is 20.8. The molecule has 2 atom stereocenters. The Hall–Kier alpha value is -1.28. The number of hydrogen-bond acceptors (Lipinski definition) is 6. The lowest BCUT2D eigenvalue weighted by Crippen LogP contribution is -2.51. The van der Waals surface area contributed by atoms with Crippen LogP contribution in [0.15, 0.2) is 24.7 Å². The Morgan fingerprint density at radius 1 is 1.29 bits per heavy atom. The Balaban J connectivity index is 0.00000144. The van der Waals surface area contributed by atoms with Gasteiger partial charge in [0.25, 0.3) is 5.91 Å². The molecule has 9 heteroatoms. The van der Waals surface area contributed by atoms with Gasteiger partial charge in [0.2, 0.25) is 0 Å². The van der Waals surface area contributed by atoms with E-state index in [0.29, 0.717) is 15.7 Å². The van der Waals surface area contributed by atoms with Crippen LogP contribution in [0.4, 0.5) is 0 Å². The van der Waals surface area contributed by atoms with Gasteiger partial charge >= 0.3 is 0 Å². The number of piperidine rings is 1. The minimum atomic E-state index is -0.0194. The molecule has 2 N–H and O–H groups in total. The topological polar surface area (TPSA) is 85.0 Å². The van der Waals surface area contributed by atoms with Gasteiger partial charge in [0.15, 0.2) is 10.8 Å². The van der Waals surface area contributed by atoms with Crippen LogP contribution in [0.5, 0.6) is 0 Å². The van der Waals surface area contributed by atoms with Gasteiger partial charge in [-0.2, -0.15) is 0 Å². The standard InChI is InChI=1S/C15H19N5OS.2ClH/c1-10(16)11-5-2-3-8-20(11)15(21)12-9-19-14(22-12)13-17-6-4-7-18-13;;/h4,6-7,9-11H,2-3,5,8,16H2,1H3;2*1H. The summed E-state index contributed by atoms with van der Waals surface area (Å²) in [7, 11) is 0. The zero-order valence-corrected chi connectivity index (χ0v) is 15.7. The van der Waals surface area contributed by atoms with Crippen LogP contribution in [-0.4, -0.2) is 44.4 Å². The summed E-state index contributed by atoms with van der Waals surface area (Å²) in [6, 6.07) is 1.85. The molecule has 24 heavy (non-hydrogen) atoms. The van der Waals surface area contributed by atoms with Gasteiger partial charge in [-0.3, -0.25) is 4.79 Å². The van der Waals surface area contributed by atoms with E-state index in [1.54, 1.807) is 24.7 Å². The molecule has 1 aliphatic heterocycles. The van der Waals surface area contributed by atoms with Gasteiger partial charge < -0.3 is 10.6 Å². The van der Waals surface area contributed by atoms with E-state index >= 15 is 0 Å². The molecule has 3 heterocycles. The lowest BCUT2D eigenvalue weighted by Gasteiger charge is -2.37. The van der Waals surface area contributed by atoms with Gasteiger partial charge in [0.1, 0.15) is 4.88 Å². The molecule has 0 aromatic carbocycles. The highest BCUT2D eigenvalue weighted by molar-refractivity contribution is 7.16. The van der Waals surface area contributed by atoms with E-state index < -0.39 is 0 Å². The number of nitrogens with zero attached hydrogens (tertiary/aromatic N) is 4. The van der Waals surface area contributed by atoms with Crippen molar-refractivity contribution >= 4 is 42.1 Å². The highest BCUT2D eigenvalue weighted by Crippen LogP contribution is 2.26. The third-order valence-electron chi connectivity index (χ3n) is 3.89. The molecule has 0 aliphatic carbocycles. The van der Waals surface area contributed by atoms with E-state index in [1.165, 1.54) is 11.3 Å². The Bertz CT molecular complexity index is 652. The highest BCUT2D eigenvalue weighted by Gasteiger charge is 2.30. The minimum Gasteiger partial charge on any atom is -0.333 e. The third-order valence-corrected chi connectivity index (χ3v) is 4.87. The fraction of sp³-hybridized carbons (Fsp3) is 0.467. The van der Waals surface area contributed by atoms with Gasteiger partial charge in [-0.25, -0.2) is 15.0 Å². The molecular weight excluding hydrogens is 369 g/mol. The molecule has 132 valence electrons. The summed E-state index contributed by atoms with van der Waals surface area (Å²) < 4.78 is 0. The molecule has 0 bridgehead atoms. The predicted molar refractivity (Wildman–Crippen MR) is 100.0 cm³/mol. The maximum atomic E-state index is 12.8. The van der Waals surface area contributed by atoms with Crippen LogP contribution in [0.2, 0.25) is 0 Å². The zero-order valence-electron chi connectivity index (χ0n) is 13.3. The second kappa shape index (κ2) is 9.27. The van der Waals surface area contributed by atoms with Crippen molar-refractivity contribution in [1.29, 1.82) is 0 Å². The van der Waals surface area contributed by atoms with Gasteiger partial charge in [-0.05, 0) is 32.3 Å². The average molecular weight is 390 g/mol. The van der Waals surface area contributed by atoms with Gasteiger partial charge in [0.05, 0.1) is 6.20 Å². The molecular formula is C15H21Cl2N5OS. The summed E-state index contributed by atoms with van der Waals surface area (Å²) in [6.07, 6.45) is 8.08. The summed E-state index contributed by atoms with van der Waals surface area (Å²) in [5.41, 5.74) is 6.04. The summed E-state index contributed by atoms with van der Waals surface area (Å²) >= 11 is 1.33. The number of nitrogens with two attached hydrogens (primary N) is 1. The molecule has 3 rings (SSSR count). The Morgan fingerprint density at radius 3 is 2.67 bits per heavy atom. The van der Waals surface area contributed by atoms with Crippen molar-refractivity contribution in [3.05, 3.63) is 29.5 Å². The normalized spacial score (nSPS) is 18.2. The molecule has 1 saturated heterocycles. The number of carbonyl (C=O) groups excluding carboxylic acids is 1. The lowest BCUT2D eigenvalue weighted by atomic mass is 9.97. The number of aromatic nitrogens is 3. The van der Waals surface area contributed by atoms with Crippen molar-refractivity contribution in [3.63, 3.8) is 0 Å². The smallest absolute Gasteiger partial charge is 0.265 e.